The van der Waals surface area contributed by atoms with Crippen molar-refractivity contribution in [3.05, 3.63) is 30.0 Å². The van der Waals surface area contributed by atoms with Crippen molar-refractivity contribution < 1.29 is 9.90 Å². The van der Waals surface area contributed by atoms with Crippen LogP contribution in [0.5, 0.6) is 0 Å². The summed E-state index contributed by atoms with van der Waals surface area (Å²) < 4.78 is 1.59. The van der Waals surface area contributed by atoms with Gasteiger partial charge in [0.2, 0.25) is 0 Å². The van der Waals surface area contributed by atoms with Crippen LogP contribution in [0.3, 0.4) is 0 Å². The van der Waals surface area contributed by atoms with Crippen molar-refractivity contribution in [1.82, 2.24) is 4.57 Å². The van der Waals surface area contributed by atoms with Crippen molar-refractivity contribution in [3.8, 4) is 0 Å². The highest BCUT2D eigenvalue weighted by Gasteiger charge is 2.12. The van der Waals surface area contributed by atoms with E-state index in [9.17, 15) is 4.79 Å². The number of aromatic nitrogens is 1. The lowest BCUT2D eigenvalue weighted by molar-refractivity contribution is 0.0687. The normalized spacial score (nSPS) is 10.6. The number of aryl methyl sites for hydroxylation is 1. The molecule has 1 N–H and O–H groups in total. The van der Waals surface area contributed by atoms with Crippen molar-refractivity contribution in [3.63, 3.8) is 0 Å². The third-order valence-electron chi connectivity index (χ3n) is 2.31. The smallest absolute Gasteiger partial charge is 0.352 e. The molecule has 1 aromatic heterocycles. The maximum absolute atomic E-state index is 10.8. The topological polar surface area (TPSA) is 42.2 Å². The molecule has 68 valence electrons. The van der Waals surface area contributed by atoms with Gasteiger partial charge in [0, 0.05) is 12.6 Å². The molecule has 1 heterocycles. The summed E-state index contributed by atoms with van der Waals surface area (Å²) >= 11 is 0. The van der Waals surface area contributed by atoms with Gasteiger partial charge in [0.05, 0.1) is 0 Å². The Balaban J connectivity index is 2.87. The number of carboxylic acid groups (broad SMARTS) is 1. The number of hydrogen-bond acceptors (Lipinski definition) is 1. The van der Waals surface area contributed by atoms with Crippen LogP contribution < -0.4 is 5.46 Å². The highest BCUT2D eigenvalue weighted by atomic mass is 16.4. The third kappa shape index (κ3) is 1.11. The summed E-state index contributed by atoms with van der Waals surface area (Å²) in [4.78, 5) is 10.8. The minimum Gasteiger partial charge on any atom is -0.477 e. The van der Waals surface area contributed by atoms with Crippen LogP contribution in [0, 0.1) is 0 Å². The Hall–Kier alpha value is -1.71. The molecule has 2 radical (unpaired) electrons. The lowest BCUT2D eigenvalue weighted by atomic mass is 9.94. The third-order valence-corrected chi connectivity index (χ3v) is 2.31. The molecule has 0 aliphatic carbocycles. The summed E-state index contributed by atoms with van der Waals surface area (Å²) in [6.45, 7) is 0. The van der Waals surface area contributed by atoms with Crippen LogP contribution in [-0.4, -0.2) is 23.5 Å². The van der Waals surface area contributed by atoms with Gasteiger partial charge in [-0.2, -0.15) is 0 Å². The maximum atomic E-state index is 10.8. The summed E-state index contributed by atoms with van der Waals surface area (Å²) in [7, 11) is 7.45. The monoisotopic (exact) mass is 185 g/mol. The summed E-state index contributed by atoms with van der Waals surface area (Å²) in [6, 6.07) is 7.03. The summed E-state index contributed by atoms with van der Waals surface area (Å²) in [5.41, 5.74) is 1.61. The van der Waals surface area contributed by atoms with Gasteiger partial charge in [0.25, 0.3) is 0 Å². The Labute approximate surface area is 82.4 Å². The number of nitrogens with zero attached hydrogens (tertiary/aromatic N) is 1. The zero-order chi connectivity index (χ0) is 10.3. The Bertz CT molecular complexity index is 516. The van der Waals surface area contributed by atoms with Gasteiger partial charge in [0.1, 0.15) is 13.5 Å². The number of carboxylic acids is 1. The molecule has 3 nitrogen and oxygen atoms in total. The first kappa shape index (κ1) is 8.87. The molecule has 0 unspecified atom stereocenters. The van der Waals surface area contributed by atoms with Gasteiger partial charge in [0.15, 0.2) is 0 Å². The average molecular weight is 185 g/mol. The number of aromatic carboxylic acids is 1. The van der Waals surface area contributed by atoms with E-state index in [0.717, 1.165) is 10.9 Å². The predicted molar refractivity (Wildman–Crippen MR) is 55.3 cm³/mol. The number of para-hydroxylation sites is 1. The highest BCUT2D eigenvalue weighted by molar-refractivity contribution is 6.38. The van der Waals surface area contributed by atoms with E-state index < -0.39 is 5.97 Å². The first-order valence-corrected chi connectivity index (χ1v) is 4.18. The standard InChI is InChI=1S/C10H8BNO2/c1-12-8(10(13)14)5-6-3-2-4-7(11)9(6)12/h2-5H,1H3,(H,13,14). The molecular weight excluding hydrogens is 177 g/mol. The summed E-state index contributed by atoms with van der Waals surface area (Å²) in [5.74, 6) is -0.942. The van der Waals surface area contributed by atoms with E-state index in [1.165, 1.54) is 0 Å². The van der Waals surface area contributed by atoms with Gasteiger partial charge in [-0.1, -0.05) is 23.7 Å². The second kappa shape index (κ2) is 2.91. The van der Waals surface area contributed by atoms with Gasteiger partial charge in [-0.25, -0.2) is 4.79 Å². The molecule has 0 aliphatic rings. The fourth-order valence-electron chi connectivity index (χ4n) is 1.65. The van der Waals surface area contributed by atoms with Gasteiger partial charge >= 0.3 is 5.97 Å². The van der Waals surface area contributed by atoms with Gasteiger partial charge in [-0.05, 0) is 11.5 Å². The van der Waals surface area contributed by atoms with E-state index in [-0.39, 0.29) is 5.69 Å². The average Bonchev–Trinajstić information content (AvgIpc) is 2.45. The molecule has 14 heavy (non-hydrogen) atoms. The van der Waals surface area contributed by atoms with Crippen molar-refractivity contribution in [2.45, 2.75) is 0 Å². The van der Waals surface area contributed by atoms with E-state index in [0.29, 0.717) is 5.46 Å². The fourth-order valence-corrected chi connectivity index (χ4v) is 1.65. The van der Waals surface area contributed by atoms with E-state index >= 15 is 0 Å². The van der Waals surface area contributed by atoms with Crippen LogP contribution in [0.4, 0.5) is 0 Å². The molecule has 0 aliphatic heterocycles. The molecule has 2 aromatic rings. The lowest BCUT2D eigenvalue weighted by Gasteiger charge is -2.02. The number of fused-ring (bicyclic) bond motifs is 1. The number of benzene rings is 1. The Kier molecular flexibility index (Phi) is 1.84. The van der Waals surface area contributed by atoms with Crippen molar-refractivity contribution in [1.29, 1.82) is 0 Å². The SMILES string of the molecule is [B]c1cccc2cc(C(=O)O)n(C)c12. The molecule has 0 bridgehead atoms. The summed E-state index contributed by atoms with van der Waals surface area (Å²) in [5, 5.41) is 9.75. The molecule has 2 rings (SSSR count). The molecule has 0 spiro atoms. The van der Waals surface area contributed by atoms with Crippen LogP contribution in [0.1, 0.15) is 10.5 Å². The lowest BCUT2D eigenvalue weighted by Crippen LogP contribution is -2.10. The van der Waals surface area contributed by atoms with Crippen LogP contribution in [0.25, 0.3) is 10.9 Å². The van der Waals surface area contributed by atoms with Gasteiger partial charge in [-0.15, -0.1) is 0 Å². The van der Waals surface area contributed by atoms with E-state index in [4.69, 9.17) is 13.0 Å². The van der Waals surface area contributed by atoms with Crippen molar-refractivity contribution >= 4 is 30.2 Å². The van der Waals surface area contributed by atoms with Crippen LogP contribution >= 0.6 is 0 Å². The molecule has 0 fully saturated rings. The molecule has 0 amide bonds. The first-order chi connectivity index (χ1) is 6.61. The van der Waals surface area contributed by atoms with E-state index in [1.54, 1.807) is 23.7 Å². The molecule has 0 saturated heterocycles. The Morgan fingerprint density at radius 1 is 1.50 bits per heavy atom. The second-order valence-corrected chi connectivity index (χ2v) is 3.18. The first-order valence-electron chi connectivity index (χ1n) is 4.18. The quantitative estimate of drug-likeness (QED) is 0.663. The molecule has 1 aromatic carbocycles. The Morgan fingerprint density at radius 3 is 2.79 bits per heavy atom. The van der Waals surface area contributed by atoms with Gasteiger partial charge in [-0.3, -0.25) is 0 Å². The molecule has 0 saturated carbocycles. The minimum atomic E-state index is -0.942. The van der Waals surface area contributed by atoms with Crippen LogP contribution in [0.2, 0.25) is 0 Å². The van der Waals surface area contributed by atoms with E-state index in [2.05, 4.69) is 0 Å². The van der Waals surface area contributed by atoms with Crippen molar-refractivity contribution in [2.75, 3.05) is 0 Å². The fraction of sp³-hybridized carbons (Fsp3) is 0.100. The zero-order valence-electron chi connectivity index (χ0n) is 7.69. The number of carbonyl (C=O) groups is 1. The van der Waals surface area contributed by atoms with Crippen LogP contribution in [-0.2, 0) is 7.05 Å². The highest BCUT2D eigenvalue weighted by Crippen LogP contribution is 2.16. The second-order valence-electron chi connectivity index (χ2n) is 3.18. The molecular formula is C10H8BNO2. The number of hydrogen-bond donors (Lipinski definition) is 1. The number of rotatable bonds is 1. The van der Waals surface area contributed by atoms with E-state index in [1.807, 2.05) is 12.1 Å². The Morgan fingerprint density at radius 2 is 2.21 bits per heavy atom. The maximum Gasteiger partial charge on any atom is 0.352 e. The summed E-state index contributed by atoms with van der Waals surface area (Å²) in [6.07, 6.45) is 0. The van der Waals surface area contributed by atoms with Crippen LogP contribution in [0.15, 0.2) is 24.3 Å². The van der Waals surface area contributed by atoms with Gasteiger partial charge < -0.3 is 9.67 Å². The minimum absolute atomic E-state index is 0.248. The largest absolute Gasteiger partial charge is 0.477 e. The van der Waals surface area contributed by atoms with Crippen molar-refractivity contribution in [2.24, 2.45) is 7.05 Å². The predicted octanol–water partition coefficient (Wildman–Crippen LogP) is 0.670. The zero-order valence-corrected chi connectivity index (χ0v) is 7.69. The molecule has 0 atom stereocenters. The molecule has 4 heteroatoms.